The van der Waals surface area contributed by atoms with Crippen molar-refractivity contribution in [1.82, 2.24) is 5.01 Å². The number of nitrogens with zero attached hydrogens (tertiary/aromatic N) is 2. The van der Waals surface area contributed by atoms with Crippen molar-refractivity contribution in [2.75, 3.05) is 28.4 Å². The minimum Gasteiger partial charge on any atom is -0.507 e. The Balaban J connectivity index is 1.67. The first kappa shape index (κ1) is 21.8. The van der Waals surface area contributed by atoms with Crippen molar-refractivity contribution in [2.24, 2.45) is 5.10 Å². The summed E-state index contributed by atoms with van der Waals surface area (Å²) in [5, 5.41) is 17.3. The third-order valence-corrected chi connectivity index (χ3v) is 6.19. The van der Waals surface area contributed by atoms with E-state index >= 15 is 0 Å². The van der Waals surface area contributed by atoms with E-state index < -0.39 is 6.23 Å². The van der Waals surface area contributed by atoms with E-state index in [-0.39, 0.29) is 11.8 Å². The molecule has 2 aliphatic rings. The van der Waals surface area contributed by atoms with Crippen LogP contribution in [0.25, 0.3) is 0 Å². The Labute approximate surface area is 197 Å². The van der Waals surface area contributed by atoms with Crippen LogP contribution in [0.2, 0.25) is 0 Å². The topological polar surface area (TPSA) is 82.0 Å². The van der Waals surface area contributed by atoms with Gasteiger partial charge in [-0.1, -0.05) is 24.3 Å². The van der Waals surface area contributed by atoms with Crippen molar-refractivity contribution >= 4 is 5.71 Å². The SMILES string of the molecule is COc1cc(C2Oc3c(OC)cccc3C3CC(c4ccccc4O)=NN32)cc(OC)c1OC. The predicted molar refractivity (Wildman–Crippen MR) is 126 cm³/mol. The molecule has 0 bridgehead atoms. The number of hydrazone groups is 1. The van der Waals surface area contributed by atoms with E-state index in [2.05, 4.69) is 0 Å². The van der Waals surface area contributed by atoms with E-state index in [0.29, 0.717) is 40.7 Å². The average Bonchev–Trinajstić information content (AvgIpc) is 3.32. The first-order valence-corrected chi connectivity index (χ1v) is 10.9. The van der Waals surface area contributed by atoms with Gasteiger partial charge in [0.25, 0.3) is 0 Å². The van der Waals surface area contributed by atoms with Crippen molar-refractivity contribution in [3.63, 3.8) is 0 Å². The van der Waals surface area contributed by atoms with Crippen LogP contribution in [-0.2, 0) is 0 Å². The van der Waals surface area contributed by atoms with Crippen molar-refractivity contribution in [3.05, 3.63) is 71.3 Å². The van der Waals surface area contributed by atoms with Gasteiger partial charge < -0.3 is 28.8 Å². The first-order valence-electron chi connectivity index (χ1n) is 10.9. The molecule has 2 atom stereocenters. The highest BCUT2D eigenvalue weighted by atomic mass is 16.5. The molecule has 0 spiro atoms. The lowest BCUT2D eigenvalue weighted by Crippen LogP contribution is -2.34. The number of hydrogen-bond acceptors (Lipinski definition) is 8. The van der Waals surface area contributed by atoms with E-state index in [9.17, 15) is 5.11 Å². The first-order chi connectivity index (χ1) is 16.6. The summed E-state index contributed by atoms with van der Waals surface area (Å²) in [6.45, 7) is 0. The van der Waals surface area contributed by atoms with Crippen LogP contribution in [-0.4, -0.2) is 44.3 Å². The standard InChI is InChI=1S/C26H26N2O6/c1-30-21-11-7-9-17-19-14-18(16-8-5-6-10-20(16)29)27-28(19)26(34-24(17)21)15-12-22(31-2)25(33-4)23(13-15)32-3/h5-13,19,26,29H,14H2,1-4H3. The Hall–Kier alpha value is -4.07. The van der Waals surface area contributed by atoms with Gasteiger partial charge in [0.05, 0.1) is 40.2 Å². The van der Waals surface area contributed by atoms with Crippen LogP contribution in [0.3, 0.4) is 0 Å². The van der Waals surface area contributed by atoms with Crippen LogP contribution in [0.4, 0.5) is 0 Å². The number of phenols is 1. The van der Waals surface area contributed by atoms with Gasteiger partial charge in [-0.2, -0.15) is 5.10 Å². The second-order valence-corrected chi connectivity index (χ2v) is 7.97. The molecule has 0 saturated heterocycles. The Morgan fingerprint density at radius 2 is 1.59 bits per heavy atom. The maximum absolute atomic E-state index is 10.5. The highest BCUT2D eigenvalue weighted by molar-refractivity contribution is 6.04. The Morgan fingerprint density at radius 1 is 0.882 bits per heavy atom. The van der Waals surface area contributed by atoms with Gasteiger partial charge in [-0.25, -0.2) is 5.01 Å². The van der Waals surface area contributed by atoms with Gasteiger partial charge in [-0.05, 0) is 30.3 Å². The van der Waals surface area contributed by atoms with Crippen LogP contribution >= 0.6 is 0 Å². The van der Waals surface area contributed by atoms with Crippen LogP contribution in [0, 0.1) is 0 Å². The second kappa shape index (κ2) is 8.70. The summed E-state index contributed by atoms with van der Waals surface area (Å²) in [6.07, 6.45) is 0.00744. The molecule has 0 aromatic heterocycles. The smallest absolute Gasteiger partial charge is 0.214 e. The van der Waals surface area contributed by atoms with Crippen LogP contribution in [0.15, 0.2) is 59.7 Å². The Morgan fingerprint density at radius 3 is 2.24 bits per heavy atom. The fourth-order valence-corrected chi connectivity index (χ4v) is 4.59. The molecule has 2 heterocycles. The summed E-state index contributed by atoms with van der Waals surface area (Å²) in [5.74, 6) is 3.04. The molecule has 0 radical (unpaired) electrons. The van der Waals surface area contributed by atoms with Crippen LogP contribution in [0.1, 0.15) is 35.4 Å². The zero-order valence-electron chi connectivity index (χ0n) is 19.4. The van der Waals surface area contributed by atoms with Gasteiger partial charge in [0.1, 0.15) is 5.75 Å². The number of para-hydroxylation sites is 2. The molecule has 176 valence electrons. The number of hydrogen-bond donors (Lipinski definition) is 1. The number of ether oxygens (including phenoxy) is 5. The van der Waals surface area contributed by atoms with E-state index in [0.717, 1.165) is 16.8 Å². The van der Waals surface area contributed by atoms with Gasteiger partial charge in [0.15, 0.2) is 23.0 Å². The zero-order valence-corrected chi connectivity index (χ0v) is 19.4. The van der Waals surface area contributed by atoms with E-state index in [4.69, 9.17) is 28.8 Å². The molecule has 1 N–H and O–H groups in total. The number of aromatic hydroxyl groups is 1. The summed E-state index contributed by atoms with van der Waals surface area (Å²) < 4.78 is 28.8. The molecular weight excluding hydrogens is 436 g/mol. The minimum atomic E-state index is -0.592. The fourth-order valence-electron chi connectivity index (χ4n) is 4.59. The molecule has 8 nitrogen and oxygen atoms in total. The molecule has 8 heteroatoms. The summed E-state index contributed by atoms with van der Waals surface area (Å²) >= 11 is 0. The molecule has 0 aliphatic carbocycles. The average molecular weight is 463 g/mol. The molecule has 0 fully saturated rings. The van der Waals surface area contributed by atoms with Crippen molar-refractivity contribution < 1.29 is 28.8 Å². The van der Waals surface area contributed by atoms with Gasteiger partial charge in [-0.3, -0.25) is 0 Å². The molecule has 34 heavy (non-hydrogen) atoms. The molecule has 2 aliphatic heterocycles. The molecule has 3 aromatic carbocycles. The predicted octanol–water partition coefficient (Wildman–Crippen LogP) is 4.67. The van der Waals surface area contributed by atoms with E-state index in [1.54, 1.807) is 40.6 Å². The number of methoxy groups -OCH3 is 4. The minimum absolute atomic E-state index is 0.113. The monoisotopic (exact) mass is 462 g/mol. The lowest BCUT2D eigenvalue weighted by atomic mass is 9.95. The highest BCUT2D eigenvalue weighted by Crippen LogP contribution is 2.52. The molecule has 0 amide bonds. The molecule has 3 aromatic rings. The number of fused-ring (bicyclic) bond motifs is 3. The quantitative estimate of drug-likeness (QED) is 0.570. The summed E-state index contributed by atoms with van der Waals surface area (Å²) in [5.41, 5.74) is 3.22. The summed E-state index contributed by atoms with van der Waals surface area (Å²) in [6, 6.07) is 16.7. The maximum atomic E-state index is 10.5. The highest BCUT2D eigenvalue weighted by Gasteiger charge is 2.43. The molecule has 5 rings (SSSR count). The lowest BCUT2D eigenvalue weighted by molar-refractivity contribution is -0.0211. The Kier molecular flexibility index (Phi) is 5.57. The number of phenolic OH excluding ortho intramolecular Hbond substituents is 1. The van der Waals surface area contributed by atoms with Gasteiger partial charge >= 0.3 is 0 Å². The van der Waals surface area contributed by atoms with Crippen LogP contribution in [0.5, 0.6) is 34.5 Å². The fraction of sp³-hybridized carbons (Fsp3) is 0.269. The second-order valence-electron chi connectivity index (χ2n) is 7.97. The van der Waals surface area contributed by atoms with Crippen LogP contribution < -0.4 is 23.7 Å². The zero-order chi connectivity index (χ0) is 23.8. The van der Waals surface area contributed by atoms with Gasteiger partial charge in [-0.15, -0.1) is 0 Å². The molecule has 0 saturated carbocycles. The summed E-state index contributed by atoms with van der Waals surface area (Å²) in [4.78, 5) is 0. The van der Waals surface area contributed by atoms with Crippen molar-refractivity contribution in [2.45, 2.75) is 18.7 Å². The van der Waals surface area contributed by atoms with Gasteiger partial charge in [0.2, 0.25) is 12.0 Å². The number of benzene rings is 3. The third-order valence-electron chi connectivity index (χ3n) is 6.19. The summed E-state index contributed by atoms with van der Waals surface area (Å²) in [7, 11) is 6.35. The normalized spacial score (nSPS) is 18.4. The van der Waals surface area contributed by atoms with Crippen molar-refractivity contribution in [1.29, 1.82) is 0 Å². The largest absolute Gasteiger partial charge is 0.507 e. The van der Waals surface area contributed by atoms with Gasteiger partial charge in [0, 0.05) is 23.1 Å². The number of rotatable bonds is 6. The van der Waals surface area contributed by atoms with E-state index in [1.165, 1.54) is 0 Å². The third kappa shape index (κ3) is 3.42. The molecular formula is C26H26N2O6. The Bertz CT molecular complexity index is 1230. The van der Waals surface area contributed by atoms with Crippen molar-refractivity contribution in [3.8, 4) is 34.5 Å². The molecule has 2 unspecified atom stereocenters. The lowest BCUT2D eigenvalue weighted by Gasteiger charge is -2.38. The van der Waals surface area contributed by atoms with E-state index in [1.807, 2.05) is 47.5 Å². The maximum Gasteiger partial charge on any atom is 0.214 e.